The Labute approximate surface area is 107 Å². The predicted octanol–water partition coefficient (Wildman–Crippen LogP) is 1.59. The molecule has 0 bridgehead atoms. The van der Waals surface area contributed by atoms with Gasteiger partial charge in [-0.1, -0.05) is 18.3 Å². The number of amides is 1. The highest BCUT2D eigenvalue weighted by Crippen LogP contribution is 2.25. The normalized spacial score (nSPS) is 11.9. The predicted molar refractivity (Wildman–Crippen MR) is 64.8 cm³/mol. The quantitative estimate of drug-likeness (QED) is 0.648. The molecule has 1 aromatic rings. The van der Waals surface area contributed by atoms with Gasteiger partial charge in [-0.15, -0.1) is 0 Å². The van der Waals surface area contributed by atoms with Crippen LogP contribution in [0.1, 0.15) is 23.0 Å². The van der Waals surface area contributed by atoms with E-state index in [0.717, 1.165) is 16.2 Å². The van der Waals surface area contributed by atoms with Gasteiger partial charge in [0.1, 0.15) is 6.04 Å². The summed E-state index contributed by atoms with van der Waals surface area (Å²) >= 11 is 0.734. The molecule has 1 atom stereocenters. The van der Waals surface area contributed by atoms with Gasteiger partial charge in [0.25, 0.3) is 5.91 Å². The summed E-state index contributed by atoms with van der Waals surface area (Å²) in [5, 5.41) is 19.3. The first-order valence-corrected chi connectivity index (χ1v) is 5.94. The number of carboxylic acids is 1. The molecule has 0 aliphatic rings. The number of carboxylic acid groups (broad SMARTS) is 1. The summed E-state index contributed by atoms with van der Waals surface area (Å²) in [5.74, 6) is -1.62. The third-order valence-electron chi connectivity index (χ3n) is 2.44. The van der Waals surface area contributed by atoms with Crippen LogP contribution in [-0.4, -0.2) is 39.9 Å². The molecule has 1 heterocycles. The SMILES string of the molecule is CCC(C(=O)O)N(C)C(=O)c1ccc([N+](=O)[O-])s1. The maximum Gasteiger partial charge on any atom is 0.326 e. The second-order valence-electron chi connectivity index (χ2n) is 3.57. The van der Waals surface area contributed by atoms with Crippen LogP contribution < -0.4 is 0 Å². The van der Waals surface area contributed by atoms with Gasteiger partial charge in [-0.05, 0) is 12.5 Å². The highest BCUT2D eigenvalue weighted by Gasteiger charge is 2.27. The average molecular weight is 272 g/mol. The molecule has 0 saturated heterocycles. The summed E-state index contributed by atoms with van der Waals surface area (Å²) in [6, 6.07) is 1.63. The Balaban J connectivity index is 2.91. The van der Waals surface area contributed by atoms with Crippen molar-refractivity contribution in [1.29, 1.82) is 0 Å². The first-order valence-electron chi connectivity index (χ1n) is 5.12. The van der Waals surface area contributed by atoms with E-state index < -0.39 is 22.8 Å². The van der Waals surface area contributed by atoms with Crippen molar-refractivity contribution in [2.24, 2.45) is 0 Å². The van der Waals surface area contributed by atoms with Gasteiger partial charge in [0, 0.05) is 13.1 Å². The summed E-state index contributed by atoms with van der Waals surface area (Å²) in [5.41, 5.74) is 0. The van der Waals surface area contributed by atoms with Crippen LogP contribution in [-0.2, 0) is 4.79 Å². The number of rotatable bonds is 5. The van der Waals surface area contributed by atoms with E-state index in [1.165, 1.54) is 19.2 Å². The average Bonchev–Trinajstić information content (AvgIpc) is 2.77. The zero-order chi connectivity index (χ0) is 13.9. The smallest absolute Gasteiger partial charge is 0.326 e. The molecule has 1 aromatic heterocycles. The molecule has 1 N–H and O–H groups in total. The van der Waals surface area contributed by atoms with E-state index in [4.69, 9.17) is 5.11 Å². The number of carbonyl (C=O) groups excluding carboxylic acids is 1. The number of hydrogen-bond donors (Lipinski definition) is 1. The summed E-state index contributed by atoms with van der Waals surface area (Å²) in [6.07, 6.45) is 0.269. The lowest BCUT2D eigenvalue weighted by Crippen LogP contribution is -2.41. The fourth-order valence-corrected chi connectivity index (χ4v) is 2.27. The van der Waals surface area contributed by atoms with Gasteiger partial charge < -0.3 is 10.0 Å². The molecule has 0 aliphatic heterocycles. The second-order valence-corrected chi connectivity index (χ2v) is 4.64. The molecule has 8 heteroatoms. The fraction of sp³-hybridized carbons (Fsp3) is 0.400. The van der Waals surface area contributed by atoms with Crippen LogP contribution in [0.25, 0.3) is 0 Å². The third-order valence-corrected chi connectivity index (χ3v) is 3.47. The minimum absolute atomic E-state index is 0.143. The van der Waals surface area contributed by atoms with Gasteiger partial charge in [-0.2, -0.15) is 0 Å². The van der Waals surface area contributed by atoms with Crippen molar-refractivity contribution >= 4 is 28.2 Å². The molecule has 0 aromatic carbocycles. The van der Waals surface area contributed by atoms with E-state index in [9.17, 15) is 19.7 Å². The molecule has 0 radical (unpaired) electrons. The van der Waals surface area contributed by atoms with Crippen LogP contribution >= 0.6 is 11.3 Å². The van der Waals surface area contributed by atoms with Crippen molar-refractivity contribution in [2.45, 2.75) is 19.4 Å². The second kappa shape index (κ2) is 5.58. The van der Waals surface area contributed by atoms with Gasteiger partial charge in [-0.3, -0.25) is 14.9 Å². The monoisotopic (exact) mass is 272 g/mol. The molecule has 0 aliphatic carbocycles. The maximum absolute atomic E-state index is 11.9. The van der Waals surface area contributed by atoms with Gasteiger partial charge in [0.05, 0.1) is 9.80 Å². The van der Waals surface area contributed by atoms with Crippen LogP contribution in [0.4, 0.5) is 5.00 Å². The Bertz CT molecular complexity index is 484. The maximum atomic E-state index is 11.9. The van der Waals surface area contributed by atoms with Gasteiger partial charge in [-0.25, -0.2) is 4.79 Å². The number of hydrogen-bond acceptors (Lipinski definition) is 5. The van der Waals surface area contributed by atoms with Gasteiger partial charge >= 0.3 is 11.0 Å². The third kappa shape index (κ3) is 2.83. The summed E-state index contributed by atoms with van der Waals surface area (Å²) in [7, 11) is 1.37. The minimum atomic E-state index is -1.10. The zero-order valence-electron chi connectivity index (χ0n) is 9.82. The minimum Gasteiger partial charge on any atom is -0.480 e. The molecule has 7 nitrogen and oxygen atoms in total. The number of aliphatic carboxylic acids is 1. The Kier molecular flexibility index (Phi) is 4.38. The summed E-state index contributed by atoms with van der Waals surface area (Å²) < 4.78 is 0. The standard InChI is InChI=1S/C10H12N2O5S/c1-3-6(10(14)15)11(2)9(13)7-4-5-8(18-7)12(16)17/h4-6H,3H2,1-2H3,(H,14,15). The summed E-state index contributed by atoms with van der Waals surface area (Å²) in [6.45, 7) is 1.65. The Morgan fingerprint density at radius 2 is 2.17 bits per heavy atom. The number of thiophene rings is 1. The van der Waals surface area contributed by atoms with Crippen molar-refractivity contribution in [1.82, 2.24) is 4.90 Å². The first-order chi connectivity index (χ1) is 8.38. The molecular weight excluding hydrogens is 260 g/mol. The van der Waals surface area contributed by atoms with E-state index in [0.29, 0.717) is 0 Å². The number of likely N-dealkylation sites (N-methyl/N-ethyl adjacent to an activating group) is 1. The molecule has 98 valence electrons. The number of nitro groups is 1. The van der Waals surface area contributed by atoms with E-state index in [1.54, 1.807) is 6.92 Å². The van der Waals surface area contributed by atoms with Crippen LogP contribution in [0.2, 0.25) is 0 Å². The van der Waals surface area contributed by atoms with Crippen molar-refractivity contribution in [2.75, 3.05) is 7.05 Å². The molecule has 0 fully saturated rings. The number of carbonyl (C=O) groups is 2. The lowest BCUT2D eigenvalue weighted by Gasteiger charge is -2.22. The Hall–Kier alpha value is -1.96. The van der Waals surface area contributed by atoms with Gasteiger partial charge in [0.15, 0.2) is 0 Å². The van der Waals surface area contributed by atoms with Crippen molar-refractivity contribution in [3.05, 3.63) is 27.1 Å². The van der Waals surface area contributed by atoms with Crippen LogP contribution in [0.15, 0.2) is 12.1 Å². The molecular formula is C10H12N2O5S. The first kappa shape index (κ1) is 14.1. The number of nitrogens with zero attached hydrogens (tertiary/aromatic N) is 2. The topological polar surface area (TPSA) is 101 Å². The lowest BCUT2D eigenvalue weighted by molar-refractivity contribution is -0.380. The van der Waals surface area contributed by atoms with Gasteiger partial charge in [0.2, 0.25) is 0 Å². The Morgan fingerprint density at radius 3 is 2.56 bits per heavy atom. The molecule has 1 rings (SSSR count). The van der Waals surface area contributed by atoms with Crippen LogP contribution in [0.5, 0.6) is 0 Å². The van der Waals surface area contributed by atoms with Crippen molar-refractivity contribution in [3.63, 3.8) is 0 Å². The zero-order valence-corrected chi connectivity index (χ0v) is 10.6. The molecule has 1 unspecified atom stereocenters. The largest absolute Gasteiger partial charge is 0.480 e. The summed E-state index contributed by atoms with van der Waals surface area (Å²) in [4.78, 5) is 34.0. The van der Waals surface area contributed by atoms with Crippen LogP contribution in [0, 0.1) is 10.1 Å². The van der Waals surface area contributed by atoms with E-state index in [1.807, 2.05) is 0 Å². The molecule has 0 spiro atoms. The molecule has 1 amide bonds. The molecule has 0 saturated carbocycles. The van der Waals surface area contributed by atoms with E-state index in [2.05, 4.69) is 0 Å². The van der Waals surface area contributed by atoms with Crippen molar-refractivity contribution < 1.29 is 19.6 Å². The van der Waals surface area contributed by atoms with E-state index in [-0.39, 0.29) is 16.3 Å². The van der Waals surface area contributed by atoms with E-state index >= 15 is 0 Å². The molecule has 18 heavy (non-hydrogen) atoms. The highest BCUT2D eigenvalue weighted by molar-refractivity contribution is 7.17. The highest BCUT2D eigenvalue weighted by atomic mass is 32.1. The van der Waals surface area contributed by atoms with Crippen LogP contribution in [0.3, 0.4) is 0 Å². The fourth-order valence-electron chi connectivity index (χ4n) is 1.47. The lowest BCUT2D eigenvalue weighted by atomic mass is 10.2. The Morgan fingerprint density at radius 1 is 1.56 bits per heavy atom. The van der Waals surface area contributed by atoms with Crippen molar-refractivity contribution in [3.8, 4) is 0 Å².